The third-order valence-corrected chi connectivity index (χ3v) is 3.74. The van der Waals surface area contributed by atoms with E-state index in [1.807, 2.05) is 7.05 Å². The lowest BCUT2D eigenvalue weighted by atomic mass is 10.1. The van der Waals surface area contributed by atoms with E-state index < -0.39 is 0 Å². The van der Waals surface area contributed by atoms with Crippen LogP contribution in [-0.4, -0.2) is 38.6 Å². The Labute approximate surface area is 115 Å². The first-order chi connectivity index (χ1) is 9.10. The van der Waals surface area contributed by atoms with Gasteiger partial charge in [-0.1, -0.05) is 6.07 Å². The summed E-state index contributed by atoms with van der Waals surface area (Å²) >= 11 is 0. The van der Waals surface area contributed by atoms with Gasteiger partial charge in [0.05, 0.1) is 6.54 Å². The number of aryl methyl sites for hydroxylation is 2. The number of benzene rings is 1. The Morgan fingerprint density at radius 3 is 2.84 bits per heavy atom. The SMILES string of the molecule is CNCCC1CN(c2ccc(C)c(C)c2)CC(=O)N1. The first kappa shape index (κ1) is 13.9. The number of piperazine rings is 1. The van der Waals surface area contributed by atoms with Crippen molar-refractivity contribution in [1.29, 1.82) is 0 Å². The molecule has 4 nitrogen and oxygen atoms in total. The second-order valence-corrected chi connectivity index (χ2v) is 5.31. The highest BCUT2D eigenvalue weighted by atomic mass is 16.2. The van der Waals surface area contributed by atoms with Crippen molar-refractivity contribution in [3.05, 3.63) is 29.3 Å². The summed E-state index contributed by atoms with van der Waals surface area (Å²) in [5, 5.41) is 6.19. The van der Waals surface area contributed by atoms with Crippen LogP contribution in [0.3, 0.4) is 0 Å². The van der Waals surface area contributed by atoms with Crippen LogP contribution in [0.4, 0.5) is 5.69 Å². The molecule has 1 atom stereocenters. The molecule has 1 aromatic rings. The Hall–Kier alpha value is -1.55. The van der Waals surface area contributed by atoms with Crippen LogP contribution < -0.4 is 15.5 Å². The Bertz CT molecular complexity index is 459. The van der Waals surface area contributed by atoms with Crippen LogP contribution in [0.25, 0.3) is 0 Å². The quantitative estimate of drug-likeness (QED) is 0.856. The zero-order chi connectivity index (χ0) is 13.8. The van der Waals surface area contributed by atoms with E-state index in [1.165, 1.54) is 11.1 Å². The maximum absolute atomic E-state index is 11.8. The molecule has 0 aromatic heterocycles. The van der Waals surface area contributed by atoms with Crippen molar-refractivity contribution >= 4 is 11.6 Å². The van der Waals surface area contributed by atoms with E-state index in [0.717, 1.165) is 25.2 Å². The number of carbonyl (C=O) groups is 1. The number of nitrogens with zero attached hydrogens (tertiary/aromatic N) is 1. The molecule has 2 N–H and O–H groups in total. The number of nitrogens with one attached hydrogen (secondary N) is 2. The molecule has 2 rings (SSSR count). The molecular formula is C15H23N3O. The standard InChI is InChI=1S/C15H23N3O/c1-11-4-5-14(8-12(11)2)18-9-13(6-7-16-3)17-15(19)10-18/h4-5,8,13,16H,6-7,9-10H2,1-3H3,(H,17,19). The lowest BCUT2D eigenvalue weighted by Crippen LogP contribution is -2.54. The van der Waals surface area contributed by atoms with E-state index in [9.17, 15) is 4.79 Å². The molecule has 0 saturated carbocycles. The number of rotatable bonds is 4. The van der Waals surface area contributed by atoms with E-state index in [-0.39, 0.29) is 11.9 Å². The molecule has 1 saturated heterocycles. The van der Waals surface area contributed by atoms with Gasteiger partial charge in [0.15, 0.2) is 0 Å². The van der Waals surface area contributed by atoms with Crippen LogP contribution in [0.15, 0.2) is 18.2 Å². The molecular weight excluding hydrogens is 238 g/mol. The number of hydrogen-bond acceptors (Lipinski definition) is 3. The normalized spacial score (nSPS) is 19.4. The van der Waals surface area contributed by atoms with Crippen molar-refractivity contribution in [2.75, 3.05) is 31.6 Å². The van der Waals surface area contributed by atoms with Gasteiger partial charge in [-0.05, 0) is 57.1 Å². The number of amides is 1. The Kier molecular flexibility index (Phi) is 4.43. The van der Waals surface area contributed by atoms with E-state index in [4.69, 9.17) is 0 Å². The number of anilines is 1. The minimum absolute atomic E-state index is 0.116. The molecule has 1 amide bonds. The highest BCUT2D eigenvalue weighted by Gasteiger charge is 2.24. The molecule has 1 fully saturated rings. The molecule has 0 spiro atoms. The Morgan fingerprint density at radius 2 is 2.16 bits per heavy atom. The van der Waals surface area contributed by atoms with Gasteiger partial charge in [-0.15, -0.1) is 0 Å². The van der Waals surface area contributed by atoms with Gasteiger partial charge in [-0.25, -0.2) is 0 Å². The van der Waals surface area contributed by atoms with Crippen LogP contribution in [0, 0.1) is 13.8 Å². The zero-order valence-corrected chi connectivity index (χ0v) is 12.0. The summed E-state index contributed by atoms with van der Waals surface area (Å²) in [7, 11) is 1.94. The van der Waals surface area contributed by atoms with Gasteiger partial charge in [0.1, 0.15) is 0 Å². The third kappa shape index (κ3) is 3.47. The van der Waals surface area contributed by atoms with E-state index in [2.05, 4.69) is 47.6 Å². The zero-order valence-electron chi connectivity index (χ0n) is 12.0. The van der Waals surface area contributed by atoms with Crippen LogP contribution in [0.5, 0.6) is 0 Å². The molecule has 1 aromatic carbocycles. The average Bonchev–Trinajstić information content (AvgIpc) is 2.39. The van der Waals surface area contributed by atoms with Crippen molar-refractivity contribution < 1.29 is 4.79 Å². The van der Waals surface area contributed by atoms with Crippen LogP contribution in [0.2, 0.25) is 0 Å². The van der Waals surface area contributed by atoms with Crippen molar-refractivity contribution in [1.82, 2.24) is 10.6 Å². The fraction of sp³-hybridized carbons (Fsp3) is 0.533. The number of carbonyl (C=O) groups excluding carboxylic acids is 1. The Balaban J connectivity index is 2.09. The fourth-order valence-corrected chi connectivity index (χ4v) is 2.42. The van der Waals surface area contributed by atoms with E-state index in [0.29, 0.717) is 6.54 Å². The first-order valence-corrected chi connectivity index (χ1v) is 6.86. The Morgan fingerprint density at radius 1 is 1.37 bits per heavy atom. The maximum atomic E-state index is 11.8. The predicted octanol–water partition coefficient (Wildman–Crippen LogP) is 1.22. The van der Waals surface area contributed by atoms with Crippen molar-refractivity contribution in [2.45, 2.75) is 26.3 Å². The average molecular weight is 261 g/mol. The van der Waals surface area contributed by atoms with Gasteiger partial charge in [0.25, 0.3) is 0 Å². The number of hydrogen-bond donors (Lipinski definition) is 2. The third-order valence-electron chi connectivity index (χ3n) is 3.74. The smallest absolute Gasteiger partial charge is 0.239 e. The molecule has 1 heterocycles. The summed E-state index contributed by atoms with van der Waals surface area (Å²) in [6.45, 7) is 6.49. The van der Waals surface area contributed by atoms with Gasteiger partial charge >= 0.3 is 0 Å². The fourth-order valence-electron chi connectivity index (χ4n) is 2.42. The van der Waals surface area contributed by atoms with Crippen molar-refractivity contribution in [3.63, 3.8) is 0 Å². The molecule has 1 aliphatic heterocycles. The molecule has 104 valence electrons. The predicted molar refractivity (Wildman–Crippen MR) is 78.6 cm³/mol. The largest absolute Gasteiger partial charge is 0.360 e. The van der Waals surface area contributed by atoms with Gasteiger partial charge in [-0.2, -0.15) is 0 Å². The topological polar surface area (TPSA) is 44.4 Å². The molecule has 0 aliphatic carbocycles. The van der Waals surface area contributed by atoms with Gasteiger partial charge in [-0.3, -0.25) is 4.79 Å². The van der Waals surface area contributed by atoms with Crippen molar-refractivity contribution in [3.8, 4) is 0 Å². The minimum Gasteiger partial charge on any atom is -0.360 e. The summed E-state index contributed by atoms with van der Waals surface area (Å²) in [5.74, 6) is 0.116. The lowest BCUT2D eigenvalue weighted by Gasteiger charge is -2.35. The van der Waals surface area contributed by atoms with Crippen LogP contribution in [-0.2, 0) is 4.79 Å². The lowest BCUT2D eigenvalue weighted by molar-refractivity contribution is -0.121. The van der Waals surface area contributed by atoms with Crippen LogP contribution >= 0.6 is 0 Å². The second-order valence-electron chi connectivity index (χ2n) is 5.31. The molecule has 4 heteroatoms. The van der Waals surface area contributed by atoms with E-state index >= 15 is 0 Å². The molecule has 19 heavy (non-hydrogen) atoms. The van der Waals surface area contributed by atoms with Gasteiger partial charge in [0, 0.05) is 18.3 Å². The molecule has 1 aliphatic rings. The summed E-state index contributed by atoms with van der Waals surface area (Å²) in [6, 6.07) is 6.63. The minimum atomic E-state index is 0.116. The summed E-state index contributed by atoms with van der Waals surface area (Å²) < 4.78 is 0. The maximum Gasteiger partial charge on any atom is 0.239 e. The van der Waals surface area contributed by atoms with Gasteiger partial charge < -0.3 is 15.5 Å². The first-order valence-electron chi connectivity index (χ1n) is 6.86. The van der Waals surface area contributed by atoms with E-state index in [1.54, 1.807) is 0 Å². The van der Waals surface area contributed by atoms with Crippen molar-refractivity contribution in [2.24, 2.45) is 0 Å². The molecule has 1 unspecified atom stereocenters. The van der Waals surface area contributed by atoms with Crippen LogP contribution in [0.1, 0.15) is 17.5 Å². The molecule has 0 radical (unpaired) electrons. The highest BCUT2D eigenvalue weighted by Crippen LogP contribution is 2.20. The monoisotopic (exact) mass is 261 g/mol. The summed E-state index contributed by atoms with van der Waals surface area (Å²) in [6.07, 6.45) is 0.962. The summed E-state index contributed by atoms with van der Waals surface area (Å²) in [4.78, 5) is 14.0. The summed E-state index contributed by atoms with van der Waals surface area (Å²) in [5.41, 5.74) is 3.71. The second kappa shape index (κ2) is 6.06. The molecule has 0 bridgehead atoms. The van der Waals surface area contributed by atoms with Gasteiger partial charge in [0.2, 0.25) is 5.91 Å². The highest BCUT2D eigenvalue weighted by molar-refractivity contribution is 5.83.